The number of aromatic nitrogens is 2. The van der Waals surface area contributed by atoms with Gasteiger partial charge in [-0.05, 0) is 25.7 Å². The van der Waals surface area contributed by atoms with E-state index in [0.29, 0.717) is 25.1 Å². The summed E-state index contributed by atoms with van der Waals surface area (Å²) in [6.07, 6.45) is 4.07. The van der Waals surface area contributed by atoms with E-state index in [9.17, 15) is 19.5 Å². The molecule has 0 spiro atoms. The second-order valence-corrected chi connectivity index (χ2v) is 8.04. The lowest BCUT2D eigenvalue weighted by Crippen LogP contribution is -2.28. The lowest BCUT2D eigenvalue weighted by molar-refractivity contribution is -0.118. The summed E-state index contributed by atoms with van der Waals surface area (Å²) >= 11 is 0. The van der Waals surface area contributed by atoms with E-state index < -0.39 is 18.6 Å². The number of ether oxygens (including phenoxy) is 3. The molecule has 0 bridgehead atoms. The fourth-order valence-corrected chi connectivity index (χ4v) is 3.76. The third-order valence-corrected chi connectivity index (χ3v) is 5.57. The highest BCUT2D eigenvalue weighted by atomic mass is 16.6. The molecule has 11 nitrogen and oxygen atoms in total. The van der Waals surface area contributed by atoms with Gasteiger partial charge >= 0.3 is 6.09 Å². The smallest absolute Gasteiger partial charge is 0.407 e. The van der Waals surface area contributed by atoms with E-state index in [2.05, 4.69) is 27.8 Å². The highest BCUT2D eigenvalue weighted by Gasteiger charge is 2.30. The molecule has 0 aliphatic heterocycles. The number of benzene rings is 1. The number of rotatable bonds is 11. The summed E-state index contributed by atoms with van der Waals surface area (Å²) in [7, 11) is 1.40. The number of H-pyrrole nitrogens is 1. The number of anilines is 1. The van der Waals surface area contributed by atoms with Crippen LogP contribution in [0.1, 0.15) is 61.0 Å². The van der Waals surface area contributed by atoms with E-state index in [1.165, 1.54) is 19.2 Å². The van der Waals surface area contributed by atoms with Gasteiger partial charge in [0, 0.05) is 36.4 Å². The first-order valence-electron chi connectivity index (χ1n) is 11.2. The monoisotopic (exact) mass is 474 g/mol. The maximum absolute atomic E-state index is 12.3. The van der Waals surface area contributed by atoms with E-state index in [4.69, 9.17) is 14.2 Å². The minimum absolute atomic E-state index is 0.0282. The number of methoxy groups -OCH3 is 1. The summed E-state index contributed by atoms with van der Waals surface area (Å²) in [5, 5.41) is 22.3. The molecule has 3 rings (SSSR count). The van der Waals surface area contributed by atoms with Crippen molar-refractivity contribution in [2.24, 2.45) is 0 Å². The normalized spacial score (nSPS) is 17.1. The van der Waals surface area contributed by atoms with Gasteiger partial charge in [0.15, 0.2) is 18.7 Å². The van der Waals surface area contributed by atoms with Crippen molar-refractivity contribution in [2.45, 2.75) is 51.0 Å². The molecule has 0 radical (unpaired) electrons. The van der Waals surface area contributed by atoms with Crippen LogP contribution in [0.25, 0.3) is 0 Å². The Morgan fingerprint density at radius 3 is 2.85 bits per heavy atom. The van der Waals surface area contributed by atoms with Gasteiger partial charge in [0.05, 0.1) is 12.7 Å². The maximum Gasteiger partial charge on any atom is 0.407 e. The summed E-state index contributed by atoms with van der Waals surface area (Å²) in [5.41, 5.74) is 0.766. The van der Waals surface area contributed by atoms with E-state index in [1.807, 2.05) is 0 Å². The number of aromatic hydroxyl groups is 1. The van der Waals surface area contributed by atoms with E-state index in [-0.39, 0.29) is 34.8 Å². The maximum atomic E-state index is 12.3. The second kappa shape index (κ2) is 11.9. The van der Waals surface area contributed by atoms with Crippen LogP contribution in [0.15, 0.2) is 18.2 Å². The van der Waals surface area contributed by atoms with Crippen molar-refractivity contribution in [2.75, 3.05) is 25.6 Å². The number of aldehydes is 1. The zero-order valence-electron chi connectivity index (χ0n) is 19.3. The zero-order chi connectivity index (χ0) is 24.5. The molecule has 1 saturated carbocycles. The number of alkyl carbamates (subject to hydrolysis) is 1. The first-order chi connectivity index (χ1) is 16.4. The van der Waals surface area contributed by atoms with Crippen molar-refractivity contribution in [3.63, 3.8) is 0 Å². The van der Waals surface area contributed by atoms with Crippen LogP contribution in [-0.2, 0) is 9.53 Å². The van der Waals surface area contributed by atoms with E-state index in [1.54, 1.807) is 6.07 Å². The topological polar surface area (TPSA) is 152 Å². The van der Waals surface area contributed by atoms with Gasteiger partial charge in [-0.3, -0.25) is 14.7 Å². The first-order valence-corrected chi connectivity index (χ1v) is 11.2. The van der Waals surface area contributed by atoms with Gasteiger partial charge in [0.25, 0.3) is 5.91 Å². The summed E-state index contributed by atoms with van der Waals surface area (Å²) < 4.78 is 15.9. The summed E-state index contributed by atoms with van der Waals surface area (Å²) in [5.74, 6) is -0.0205. The molecule has 184 valence electrons. The Labute approximate surface area is 197 Å². The van der Waals surface area contributed by atoms with Gasteiger partial charge in [-0.25, -0.2) is 4.79 Å². The molecule has 11 heteroatoms. The van der Waals surface area contributed by atoms with Crippen LogP contribution in [0, 0.1) is 0 Å². The van der Waals surface area contributed by atoms with Crippen LogP contribution in [-0.4, -0.2) is 60.0 Å². The molecule has 1 heterocycles. The average molecular weight is 475 g/mol. The van der Waals surface area contributed by atoms with Gasteiger partial charge < -0.3 is 30.0 Å². The average Bonchev–Trinajstić information content (AvgIpc) is 3.47. The van der Waals surface area contributed by atoms with Crippen LogP contribution >= 0.6 is 0 Å². The SMILES string of the molecule is CCCCNC(=O)OC1CC[C@H](c2cc(NC(=O)COc3cc(OC)cc(O)c3C=O)n[nH]2)C1. The number of unbranched alkanes of at least 4 members (excludes halogenated alkanes) is 1. The Kier molecular flexibility index (Phi) is 8.72. The van der Waals surface area contributed by atoms with Gasteiger partial charge in [0.2, 0.25) is 0 Å². The molecular weight excluding hydrogens is 444 g/mol. The number of hydrogen-bond donors (Lipinski definition) is 4. The number of amides is 2. The number of aromatic amines is 1. The van der Waals surface area contributed by atoms with E-state index in [0.717, 1.165) is 31.4 Å². The molecule has 4 N–H and O–H groups in total. The minimum Gasteiger partial charge on any atom is -0.507 e. The van der Waals surface area contributed by atoms with Crippen LogP contribution in [0.2, 0.25) is 0 Å². The molecule has 2 amide bonds. The molecule has 1 aromatic carbocycles. The number of carbonyl (C=O) groups is 3. The molecule has 1 unspecified atom stereocenters. The summed E-state index contributed by atoms with van der Waals surface area (Å²) in [6.45, 7) is 2.26. The van der Waals surface area contributed by atoms with Gasteiger partial charge in [0.1, 0.15) is 23.4 Å². The molecule has 34 heavy (non-hydrogen) atoms. The Bertz CT molecular complexity index is 1010. The largest absolute Gasteiger partial charge is 0.507 e. The Hall–Kier alpha value is -3.76. The quantitative estimate of drug-likeness (QED) is 0.286. The van der Waals surface area contributed by atoms with Crippen molar-refractivity contribution >= 4 is 24.1 Å². The van der Waals surface area contributed by atoms with Crippen molar-refractivity contribution in [3.8, 4) is 17.2 Å². The van der Waals surface area contributed by atoms with Crippen molar-refractivity contribution in [3.05, 3.63) is 29.5 Å². The predicted molar refractivity (Wildman–Crippen MR) is 123 cm³/mol. The Balaban J connectivity index is 1.49. The number of hydrogen-bond acceptors (Lipinski definition) is 8. The fraction of sp³-hybridized carbons (Fsp3) is 0.478. The number of nitrogens with zero attached hydrogens (tertiary/aromatic N) is 1. The number of phenolic OH excluding ortho intramolecular Hbond substituents is 1. The fourth-order valence-electron chi connectivity index (χ4n) is 3.76. The van der Waals surface area contributed by atoms with Crippen LogP contribution < -0.4 is 20.1 Å². The molecule has 0 saturated heterocycles. The molecule has 2 atom stereocenters. The van der Waals surface area contributed by atoms with Gasteiger partial charge in [-0.1, -0.05) is 13.3 Å². The van der Waals surface area contributed by atoms with Gasteiger partial charge in [-0.15, -0.1) is 0 Å². The lowest BCUT2D eigenvalue weighted by atomic mass is 10.0. The minimum atomic E-state index is -0.492. The first kappa shape index (κ1) is 24.9. The molecule has 1 aromatic heterocycles. The standard InChI is InChI=1S/C23H30N4O7/c1-3-4-7-24-23(31)34-15-6-5-14(8-15)18-11-21(27-26-18)25-22(30)13-33-20-10-16(32-2)9-19(29)17(20)12-28/h9-12,14-15,29H,3-8,13H2,1-2H3,(H,24,31)(H2,25,26,27,30)/t14-,15?/m0/s1. The van der Waals surface area contributed by atoms with Crippen LogP contribution in [0.3, 0.4) is 0 Å². The number of carbonyl (C=O) groups excluding carboxylic acids is 3. The zero-order valence-corrected chi connectivity index (χ0v) is 19.3. The van der Waals surface area contributed by atoms with Crippen molar-refractivity contribution < 1.29 is 33.7 Å². The second-order valence-electron chi connectivity index (χ2n) is 8.04. The summed E-state index contributed by atoms with van der Waals surface area (Å²) in [4.78, 5) is 35.4. The number of phenols is 1. The van der Waals surface area contributed by atoms with Crippen molar-refractivity contribution in [1.82, 2.24) is 15.5 Å². The Morgan fingerprint density at radius 1 is 1.29 bits per heavy atom. The number of nitrogens with one attached hydrogen (secondary N) is 3. The summed E-state index contributed by atoms with van der Waals surface area (Å²) in [6, 6.07) is 4.42. The molecular formula is C23H30N4O7. The lowest BCUT2D eigenvalue weighted by Gasteiger charge is -2.13. The highest BCUT2D eigenvalue weighted by Crippen LogP contribution is 2.36. The Morgan fingerprint density at radius 2 is 2.12 bits per heavy atom. The molecule has 2 aromatic rings. The highest BCUT2D eigenvalue weighted by molar-refractivity contribution is 5.91. The predicted octanol–water partition coefficient (Wildman–Crippen LogP) is 3.12. The van der Waals surface area contributed by atoms with Crippen molar-refractivity contribution in [1.29, 1.82) is 0 Å². The molecule has 1 fully saturated rings. The van der Waals surface area contributed by atoms with Crippen LogP contribution in [0.5, 0.6) is 17.2 Å². The molecule has 1 aliphatic carbocycles. The third kappa shape index (κ3) is 6.63. The third-order valence-electron chi connectivity index (χ3n) is 5.57. The molecule has 1 aliphatic rings. The van der Waals surface area contributed by atoms with Gasteiger partial charge in [-0.2, -0.15) is 5.10 Å². The van der Waals surface area contributed by atoms with E-state index >= 15 is 0 Å². The van der Waals surface area contributed by atoms with Crippen LogP contribution in [0.4, 0.5) is 10.6 Å².